The van der Waals surface area contributed by atoms with Gasteiger partial charge < -0.3 is 18.6 Å². The van der Waals surface area contributed by atoms with E-state index in [1.165, 1.54) is 0 Å². The summed E-state index contributed by atoms with van der Waals surface area (Å²) in [6, 6.07) is 3.64. The van der Waals surface area contributed by atoms with E-state index in [0.29, 0.717) is 23.5 Å². The molecule has 1 aliphatic heterocycles. The first-order valence-corrected chi connectivity index (χ1v) is 7.42. The molecule has 0 atom stereocenters. The van der Waals surface area contributed by atoms with E-state index < -0.39 is 0 Å². The molecule has 0 saturated heterocycles. The van der Waals surface area contributed by atoms with Crippen LogP contribution in [0.15, 0.2) is 22.3 Å². The minimum atomic E-state index is 0.0362. The Balaban J connectivity index is 2.20. The highest BCUT2D eigenvalue weighted by Gasteiger charge is 2.20. The molecule has 0 bridgehead atoms. The molecule has 3 aromatic rings. The number of rotatable bonds is 2. The van der Waals surface area contributed by atoms with Gasteiger partial charge in [-0.3, -0.25) is 4.79 Å². The summed E-state index contributed by atoms with van der Waals surface area (Å²) >= 11 is 1.55. The van der Waals surface area contributed by atoms with Crippen molar-refractivity contribution in [3.05, 3.63) is 39.0 Å². The Morgan fingerprint density at radius 2 is 2.10 bits per heavy atom. The van der Waals surface area contributed by atoms with E-state index >= 15 is 0 Å². The van der Waals surface area contributed by atoms with Gasteiger partial charge in [0.1, 0.15) is 4.83 Å². The first-order chi connectivity index (χ1) is 10.2. The number of hydrogen-bond donors (Lipinski definition) is 0. The van der Waals surface area contributed by atoms with Crippen LogP contribution in [0.3, 0.4) is 0 Å². The van der Waals surface area contributed by atoms with Gasteiger partial charge in [0.25, 0.3) is 0 Å². The summed E-state index contributed by atoms with van der Waals surface area (Å²) in [5.41, 5.74) is 2.63. The molecule has 0 fully saturated rings. The zero-order valence-electron chi connectivity index (χ0n) is 11.6. The summed E-state index contributed by atoms with van der Waals surface area (Å²) in [5, 5.41) is 2.67. The highest BCUT2D eigenvalue weighted by atomic mass is 32.1. The standard InChI is InChI=1S/C15H13NO4S/c1-8-14(17)10-3-12-13(20-7-19-12)4-11(10)16-9(5-18-2)6-21-15(8)16/h3-4,6H,5,7H2,1-2H3. The predicted molar refractivity (Wildman–Crippen MR) is 80.6 cm³/mol. The third-order valence-corrected chi connectivity index (χ3v) is 4.83. The lowest BCUT2D eigenvalue weighted by Crippen LogP contribution is -2.10. The van der Waals surface area contributed by atoms with Crippen LogP contribution in [0, 0.1) is 6.92 Å². The van der Waals surface area contributed by atoms with Gasteiger partial charge in [-0.15, -0.1) is 11.3 Å². The molecule has 0 amide bonds. The largest absolute Gasteiger partial charge is 0.454 e. The number of ether oxygens (including phenoxy) is 3. The summed E-state index contributed by atoms with van der Waals surface area (Å²) in [6.45, 7) is 2.54. The van der Waals surface area contributed by atoms with Gasteiger partial charge in [0.05, 0.1) is 23.2 Å². The van der Waals surface area contributed by atoms with Crippen molar-refractivity contribution in [2.75, 3.05) is 13.9 Å². The second kappa shape index (κ2) is 4.47. The molecule has 6 heteroatoms. The van der Waals surface area contributed by atoms with Crippen LogP contribution < -0.4 is 14.9 Å². The average Bonchev–Trinajstić information content (AvgIpc) is 3.09. The third kappa shape index (κ3) is 1.69. The maximum absolute atomic E-state index is 12.6. The van der Waals surface area contributed by atoms with Gasteiger partial charge in [0, 0.05) is 24.1 Å². The molecule has 1 aromatic carbocycles. The fraction of sp³-hybridized carbons (Fsp3) is 0.267. The maximum Gasteiger partial charge on any atom is 0.231 e. The van der Waals surface area contributed by atoms with Gasteiger partial charge in [-0.2, -0.15) is 0 Å². The fourth-order valence-corrected chi connectivity index (χ4v) is 3.74. The Bertz CT molecular complexity index is 925. The van der Waals surface area contributed by atoms with Crippen molar-refractivity contribution in [1.29, 1.82) is 0 Å². The fourth-order valence-electron chi connectivity index (χ4n) is 2.72. The number of benzene rings is 1. The molecule has 2 aromatic heterocycles. The Kier molecular flexibility index (Phi) is 2.70. The van der Waals surface area contributed by atoms with E-state index in [4.69, 9.17) is 14.2 Å². The van der Waals surface area contributed by atoms with Gasteiger partial charge in [-0.05, 0) is 13.0 Å². The van der Waals surface area contributed by atoms with Crippen molar-refractivity contribution in [1.82, 2.24) is 4.40 Å². The number of aromatic nitrogens is 1. The van der Waals surface area contributed by atoms with Gasteiger partial charge in [0.15, 0.2) is 16.9 Å². The molecule has 5 nitrogen and oxygen atoms in total. The zero-order valence-corrected chi connectivity index (χ0v) is 12.5. The van der Waals surface area contributed by atoms with Crippen molar-refractivity contribution < 1.29 is 14.2 Å². The van der Waals surface area contributed by atoms with Gasteiger partial charge in [-0.25, -0.2) is 0 Å². The first-order valence-electron chi connectivity index (χ1n) is 6.54. The van der Waals surface area contributed by atoms with Crippen LogP contribution in [0.4, 0.5) is 0 Å². The quantitative estimate of drug-likeness (QED) is 0.730. The van der Waals surface area contributed by atoms with Crippen molar-refractivity contribution in [2.45, 2.75) is 13.5 Å². The number of thiazole rings is 1. The maximum atomic E-state index is 12.6. The van der Waals surface area contributed by atoms with Crippen LogP contribution in [0.1, 0.15) is 11.3 Å². The van der Waals surface area contributed by atoms with E-state index in [2.05, 4.69) is 4.40 Å². The molecule has 0 spiro atoms. The number of fused-ring (bicyclic) bond motifs is 4. The van der Waals surface area contributed by atoms with E-state index in [-0.39, 0.29) is 12.2 Å². The smallest absolute Gasteiger partial charge is 0.231 e. The SMILES string of the molecule is COCc1csc2c(C)c(=O)c3cc4c(cc3n12)OCO4. The molecular weight excluding hydrogens is 290 g/mol. The predicted octanol–water partition coefficient (Wildman–Crippen LogP) is 2.70. The minimum absolute atomic E-state index is 0.0362. The minimum Gasteiger partial charge on any atom is -0.454 e. The monoisotopic (exact) mass is 303 g/mol. The molecule has 21 heavy (non-hydrogen) atoms. The van der Waals surface area contributed by atoms with E-state index in [1.54, 1.807) is 24.5 Å². The van der Waals surface area contributed by atoms with Crippen molar-refractivity contribution in [3.8, 4) is 11.5 Å². The van der Waals surface area contributed by atoms with Crippen LogP contribution in [0.5, 0.6) is 11.5 Å². The van der Waals surface area contributed by atoms with Crippen LogP contribution >= 0.6 is 11.3 Å². The van der Waals surface area contributed by atoms with Crippen LogP contribution in [0.25, 0.3) is 15.7 Å². The van der Waals surface area contributed by atoms with Crippen molar-refractivity contribution in [3.63, 3.8) is 0 Å². The third-order valence-electron chi connectivity index (χ3n) is 3.73. The molecule has 0 unspecified atom stereocenters. The Morgan fingerprint density at radius 3 is 2.86 bits per heavy atom. The second-order valence-electron chi connectivity index (χ2n) is 4.98. The number of pyridine rings is 1. The van der Waals surface area contributed by atoms with Crippen LogP contribution in [-0.4, -0.2) is 18.3 Å². The highest BCUT2D eigenvalue weighted by Crippen LogP contribution is 2.36. The van der Waals surface area contributed by atoms with E-state index in [0.717, 1.165) is 21.6 Å². The zero-order chi connectivity index (χ0) is 14.6. The average molecular weight is 303 g/mol. The molecular formula is C15H13NO4S. The number of nitrogens with zero attached hydrogens (tertiary/aromatic N) is 1. The van der Waals surface area contributed by atoms with Gasteiger partial charge in [0.2, 0.25) is 6.79 Å². The summed E-state index contributed by atoms with van der Waals surface area (Å²) in [6.07, 6.45) is 0. The van der Waals surface area contributed by atoms with Gasteiger partial charge in [-0.1, -0.05) is 0 Å². The molecule has 0 N–H and O–H groups in total. The molecule has 1 aliphatic rings. The topological polar surface area (TPSA) is 49.2 Å². The van der Waals surface area contributed by atoms with Crippen molar-refractivity contribution >= 4 is 27.1 Å². The Labute approximate surface area is 124 Å². The molecule has 0 saturated carbocycles. The second-order valence-corrected chi connectivity index (χ2v) is 5.84. The normalized spacial score (nSPS) is 13.4. The van der Waals surface area contributed by atoms with Crippen LogP contribution in [0.2, 0.25) is 0 Å². The number of methoxy groups -OCH3 is 1. The Morgan fingerprint density at radius 1 is 1.33 bits per heavy atom. The first kappa shape index (κ1) is 12.7. The molecule has 0 radical (unpaired) electrons. The van der Waals surface area contributed by atoms with Gasteiger partial charge >= 0.3 is 0 Å². The summed E-state index contributed by atoms with van der Waals surface area (Å²) in [4.78, 5) is 13.5. The lowest BCUT2D eigenvalue weighted by molar-refractivity contribution is 0.174. The lowest BCUT2D eigenvalue weighted by Gasteiger charge is -2.09. The van der Waals surface area contributed by atoms with E-state index in [1.807, 2.05) is 18.4 Å². The summed E-state index contributed by atoms with van der Waals surface area (Å²) < 4.78 is 18.1. The lowest BCUT2D eigenvalue weighted by atomic mass is 10.1. The van der Waals surface area contributed by atoms with Crippen molar-refractivity contribution in [2.24, 2.45) is 0 Å². The molecule has 4 rings (SSSR count). The molecule has 0 aliphatic carbocycles. The number of hydrogen-bond acceptors (Lipinski definition) is 5. The van der Waals surface area contributed by atoms with Crippen LogP contribution in [-0.2, 0) is 11.3 Å². The summed E-state index contributed by atoms with van der Waals surface area (Å²) in [5.74, 6) is 1.30. The molecule has 3 heterocycles. The summed E-state index contributed by atoms with van der Waals surface area (Å²) in [7, 11) is 1.66. The van der Waals surface area contributed by atoms with E-state index in [9.17, 15) is 4.79 Å². The number of aryl methyl sites for hydroxylation is 1. The molecule has 108 valence electrons. The Hall–Kier alpha value is -2.05. The highest BCUT2D eigenvalue weighted by molar-refractivity contribution is 7.15.